The summed E-state index contributed by atoms with van der Waals surface area (Å²) in [7, 11) is 0. The van der Waals surface area contributed by atoms with Gasteiger partial charge < -0.3 is 10.4 Å². The van der Waals surface area contributed by atoms with Crippen LogP contribution in [-0.4, -0.2) is 16.1 Å². The molecular formula is C12H7BrCl2N2O2. The Balaban J connectivity index is 2.30. The van der Waals surface area contributed by atoms with Crippen LogP contribution in [-0.2, 0) is 0 Å². The molecule has 2 rings (SSSR count). The zero-order valence-corrected chi connectivity index (χ0v) is 12.4. The number of anilines is 2. The van der Waals surface area contributed by atoms with Crippen molar-refractivity contribution in [2.45, 2.75) is 0 Å². The molecule has 4 nitrogen and oxygen atoms in total. The number of nitrogens with zero attached hydrogens (tertiary/aromatic N) is 1. The van der Waals surface area contributed by atoms with Crippen LogP contribution in [0.1, 0.15) is 10.4 Å². The number of carbonyl (C=O) groups is 1. The first-order valence-electron chi connectivity index (χ1n) is 5.08. The highest BCUT2D eigenvalue weighted by Crippen LogP contribution is 2.27. The van der Waals surface area contributed by atoms with Crippen molar-refractivity contribution in [3.8, 4) is 0 Å². The molecule has 0 saturated heterocycles. The number of hydrogen-bond acceptors (Lipinski definition) is 3. The highest BCUT2D eigenvalue weighted by Gasteiger charge is 2.10. The predicted molar refractivity (Wildman–Crippen MR) is 78.6 cm³/mol. The van der Waals surface area contributed by atoms with Gasteiger partial charge >= 0.3 is 5.97 Å². The summed E-state index contributed by atoms with van der Waals surface area (Å²) in [5, 5.41) is 12.6. The Labute approximate surface area is 127 Å². The molecule has 0 atom stereocenters. The second kappa shape index (κ2) is 5.77. The van der Waals surface area contributed by atoms with Crippen LogP contribution < -0.4 is 5.32 Å². The third-order valence-corrected chi connectivity index (χ3v) is 3.81. The Hall–Kier alpha value is -1.30. The molecule has 98 valence electrons. The molecule has 0 aliphatic heterocycles. The molecule has 0 bridgehead atoms. The fraction of sp³-hybridized carbons (Fsp3) is 0. The minimum atomic E-state index is -1.11. The molecule has 0 amide bonds. The second-order valence-corrected chi connectivity index (χ2v) is 5.28. The summed E-state index contributed by atoms with van der Waals surface area (Å²) in [6, 6.07) is 6.62. The maximum atomic E-state index is 11.0. The molecule has 1 aromatic carbocycles. The Bertz CT molecular complexity index is 650. The maximum Gasteiger partial charge on any atom is 0.337 e. The summed E-state index contributed by atoms with van der Waals surface area (Å²) in [5.74, 6) is -0.732. The molecule has 1 heterocycles. The topological polar surface area (TPSA) is 62.2 Å². The van der Waals surface area contributed by atoms with Gasteiger partial charge in [-0.25, -0.2) is 9.78 Å². The van der Waals surface area contributed by atoms with Crippen LogP contribution in [0.3, 0.4) is 0 Å². The van der Waals surface area contributed by atoms with Crippen molar-refractivity contribution in [1.29, 1.82) is 0 Å². The lowest BCUT2D eigenvalue weighted by Crippen LogP contribution is -2.01. The molecule has 2 aromatic rings. The summed E-state index contributed by atoms with van der Waals surface area (Å²) >= 11 is 15.0. The summed E-state index contributed by atoms with van der Waals surface area (Å²) in [5.41, 5.74) is 0.682. The minimum Gasteiger partial charge on any atom is -0.478 e. The Kier molecular flexibility index (Phi) is 4.29. The van der Waals surface area contributed by atoms with Crippen molar-refractivity contribution in [3.63, 3.8) is 0 Å². The molecule has 0 aliphatic rings. The SMILES string of the molecule is O=C(O)c1cc(Nc2ccc(Br)c(Cl)c2)ncc1Cl. The summed E-state index contributed by atoms with van der Waals surface area (Å²) in [4.78, 5) is 15.0. The highest BCUT2D eigenvalue weighted by molar-refractivity contribution is 9.10. The van der Waals surface area contributed by atoms with Gasteiger partial charge in [0, 0.05) is 16.4 Å². The number of carboxylic acids is 1. The molecule has 1 aromatic heterocycles. The monoisotopic (exact) mass is 360 g/mol. The number of rotatable bonds is 3. The van der Waals surface area contributed by atoms with Gasteiger partial charge in [-0.15, -0.1) is 0 Å². The number of pyridine rings is 1. The fourth-order valence-electron chi connectivity index (χ4n) is 1.39. The van der Waals surface area contributed by atoms with E-state index in [4.69, 9.17) is 28.3 Å². The van der Waals surface area contributed by atoms with Crippen molar-refractivity contribution in [2.24, 2.45) is 0 Å². The first kappa shape index (κ1) is 14.1. The average molecular weight is 362 g/mol. The van der Waals surface area contributed by atoms with Crippen LogP contribution in [0.25, 0.3) is 0 Å². The Morgan fingerprint density at radius 2 is 2.00 bits per heavy atom. The Morgan fingerprint density at radius 1 is 1.26 bits per heavy atom. The quantitative estimate of drug-likeness (QED) is 0.839. The van der Waals surface area contributed by atoms with Crippen molar-refractivity contribution in [2.75, 3.05) is 5.32 Å². The van der Waals surface area contributed by atoms with E-state index >= 15 is 0 Å². The molecule has 19 heavy (non-hydrogen) atoms. The Morgan fingerprint density at radius 3 is 2.63 bits per heavy atom. The van der Waals surface area contributed by atoms with Crippen molar-refractivity contribution < 1.29 is 9.90 Å². The molecule has 0 saturated carbocycles. The van der Waals surface area contributed by atoms with E-state index in [1.165, 1.54) is 12.3 Å². The van der Waals surface area contributed by atoms with Crippen LogP contribution >= 0.6 is 39.1 Å². The van der Waals surface area contributed by atoms with E-state index in [2.05, 4.69) is 26.2 Å². The van der Waals surface area contributed by atoms with E-state index in [0.29, 0.717) is 16.5 Å². The smallest absolute Gasteiger partial charge is 0.337 e. The number of carboxylic acid groups (broad SMARTS) is 1. The van der Waals surface area contributed by atoms with Gasteiger partial charge in [0.2, 0.25) is 0 Å². The highest BCUT2D eigenvalue weighted by atomic mass is 79.9. The molecule has 0 aliphatic carbocycles. The third-order valence-electron chi connectivity index (χ3n) is 2.28. The second-order valence-electron chi connectivity index (χ2n) is 3.61. The summed E-state index contributed by atoms with van der Waals surface area (Å²) in [6.45, 7) is 0. The van der Waals surface area contributed by atoms with E-state index in [9.17, 15) is 4.79 Å². The lowest BCUT2D eigenvalue weighted by atomic mass is 10.2. The summed E-state index contributed by atoms with van der Waals surface area (Å²) < 4.78 is 0.773. The predicted octanol–water partition coefficient (Wildman–Crippen LogP) is 4.59. The molecule has 0 spiro atoms. The van der Waals surface area contributed by atoms with Gasteiger partial charge in [0.15, 0.2) is 0 Å². The number of halogens is 3. The van der Waals surface area contributed by atoms with E-state index in [1.54, 1.807) is 18.2 Å². The van der Waals surface area contributed by atoms with Gasteiger partial charge in [0.05, 0.1) is 15.6 Å². The fourth-order valence-corrected chi connectivity index (χ4v) is 2.00. The van der Waals surface area contributed by atoms with Gasteiger partial charge in [0.1, 0.15) is 5.82 Å². The number of hydrogen-bond donors (Lipinski definition) is 2. The van der Waals surface area contributed by atoms with Crippen molar-refractivity contribution in [1.82, 2.24) is 4.98 Å². The van der Waals surface area contributed by atoms with E-state index in [-0.39, 0.29) is 10.6 Å². The largest absolute Gasteiger partial charge is 0.478 e. The zero-order valence-electron chi connectivity index (χ0n) is 9.32. The maximum absolute atomic E-state index is 11.0. The van der Waals surface area contributed by atoms with Gasteiger partial charge in [-0.05, 0) is 40.2 Å². The first-order valence-corrected chi connectivity index (χ1v) is 6.63. The molecule has 2 N–H and O–H groups in total. The zero-order chi connectivity index (χ0) is 14.0. The van der Waals surface area contributed by atoms with Gasteiger partial charge in [-0.2, -0.15) is 0 Å². The number of aromatic carboxylic acids is 1. The van der Waals surface area contributed by atoms with E-state index in [1.807, 2.05) is 0 Å². The standard InChI is InChI=1S/C12H7BrCl2N2O2/c13-8-2-1-6(3-9(8)14)17-11-4-7(12(18)19)10(15)5-16-11/h1-5H,(H,16,17)(H,18,19). The van der Waals surface area contributed by atoms with Gasteiger partial charge in [-0.1, -0.05) is 23.2 Å². The number of aromatic nitrogens is 1. The van der Waals surface area contributed by atoms with Crippen molar-refractivity contribution in [3.05, 3.63) is 50.5 Å². The third kappa shape index (κ3) is 3.37. The van der Waals surface area contributed by atoms with E-state index < -0.39 is 5.97 Å². The molecule has 0 fully saturated rings. The summed E-state index contributed by atoms with van der Waals surface area (Å²) in [6.07, 6.45) is 1.29. The molecule has 0 radical (unpaired) electrons. The first-order chi connectivity index (χ1) is 8.97. The molecule has 7 heteroatoms. The van der Waals surface area contributed by atoms with Crippen LogP contribution in [0.15, 0.2) is 34.9 Å². The van der Waals surface area contributed by atoms with Crippen LogP contribution in [0.2, 0.25) is 10.0 Å². The normalized spacial score (nSPS) is 10.3. The van der Waals surface area contributed by atoms with E-state index in [0.717, 1.165) is 4.47 Å². The number of benzene rings is 1. The minimum absolute atomic E-state index is 0.0117. The lowest BCUT2D eigenvalue weighted by Gasteiger charge is -2.08. The van der Waals surface area contributed by atoms with Gasteiger partial charge in [0.25, 0.3) is 0 Å². The lowest BCUT2D eigenvalue weighted by molar-refractivity contribution is 0.0697. The van der Waals surface area contributed by atoms with Crippen LogP contribution in [0.5, 0.6) is 0 Å². The molecule has 0 unspecified atom stereocenters. The molecular weight excluding hydrogens is 355 g/mol. The van der Waals surface area contributed by atoms with Crippen LogP contribution in [0.4, 0.5) is 11.5 Å². The average Bonchev–Trinajstić information content (AvgIpc) is 2.36. The van der Waals surface area contributed by atoms with Crippen LogP contribution in [0, 0.1) is 0 Å². The van der Waals surface area contributed by atoms with Crippen molar-refractivity contribution >= 4 is 56.6 Å². The number of nitrogens with one attached hydrogen (secondary N) is 1. The van der Waals surface area contributed by atoms with Gasteiger partial charge in [-0.3, -0.25) is 0 Å².